The summed E-state index contributed by atoms with van der Waals surface area (Å²) in [5.74, 6) is 0.569. The third kappa shape index (κ3) is 6.60. The summed E-state index contributed by atoms with van der Waals surface area (Å²) in [6.45, 7) is 0.354. The number of amides is 2. The monoisotopic (exact) mass is 493 g/mol. The van der Waals surface area contributed by atoms with Crippen LogP contribution in [0.2, 0.25) is 5.02 Å². The van der Waals surface area contributed by atoms with Gasteiger partial charge in [-0.1, -0.05) is 47.6 Å². The van der Waals surface area contributed by atoms with Crippen LogP contribution in [0.15, 0.2) is 84.3 Å². The Morgan fingerprint density at radius 2 is 1.44 bits per heavy atom. The van der Waals surface area contributed by atoms with Gasteiger partial charge < -0.3 is 4.74 Å². The Kier molecular flexibility index (Phi) is 7.79. The molecule has 34 heavy (non-hydrogen) atoms. The van der Waals surface area contributed by atoms with Gasteiger partial charge in [0.05, 0.1) is 0 Å². The molecule has 0 saturated carbocycles. The van der Waals surface area contributed by atoms with Gasteiger partial charge in [-0.05, 0) is 59.7 Å². The lowest BCUT2D eigenvalue weighted by Gasteiger charge is -2.09. The molecule has 10 heteroatoms. The number of hydrogen-bond acceptors (Lipinski definition) is 6. The third-order valence-electron chi connectivity index (χ3n) is 4.71. The number of hydrogen-bond donors (Lipinski definition) is 3. The molecule has 172 valence electrons. The molecule has 8 nitrogen and oxygen atoms in total. The molecule has 4 aromatic rings. The molecule has 0 unspecified atom stereocenters. The number of H-pyrrole nitrogens is 1. The average Bonchev–Trinajstić information content (AvgIpc) is 3.40. The molecule has 1 heterocycles. The SMILES string of the molecule is O=C(NNC(=O)c1ccc(CSc2ncn[nH]2)cc1)c1ccc(COc2ccc(Cl)cc2)cc1. The minimum absolute atomic E-state index is 0.354. The minimum Gasteiger partial charge on any atom is -0.489 e. The van der Waals surface area contributed by atoms with E-state index in [-0.39, 0.29) is 0 Å². The zero-order chi connectivity index (χ0) is 23.8. The molecule has 0 bridgehead atoms. The van der Waals surface area contributed by atoms with Crippen molar-refractivity contribution in [2.24, 2.45) is 0 Å². The van der Waals surface area contributed by atoms with E-state index < -0.39 is 11.8 Å². The molecule has 0 aliphatic heterocycles. The van der Waals surface area contributed by atoms with E-state index in [0.29, 0.717) is 34.3 Å². The van der Waals surface area contributed by atoms with Crippen LogP contribution in [0.3, 0.4) is 0 Å². The van der Waals surface area contributed by atoms with Gasteiger partial charge in [0.25, 0.3) is 11.8 Å². The molecule has 3 N–H and O–H groups in total. The molecule has 3 aromatic carbocycles. The van der Waals surface area contributed by atoms with Crippen molar-refractivity contribution in [2.45, 2.75) is 17.5 Å². The van der Waals surface area contributed by atoms with Crippen molar-refractivity contribution in [3.05, 3.63) is 106 Å². The zero-order valence-corrected chi connectivity index (χ0v) is 19.4. The maximum absolute atomic E-state index is 12.4. The molecule has 0 aliphatic rings. The van der Waals surface area contributed by atoms with Crippen molar-refractivity contribution < 1.29 is 14.3 Å². The molecule has 0 aliphatic carbocycles. The Morgan fingerprint density at radius 1 is 0.853 bits per heavy atom. The molecule has 0 saturated heterocycles. The summed E-state index contributed by atoms with van der Waals surface area (Å²) in [6, 6.07) is 21.1. The number of ether oxygens (including phenoxy) is 1. The number of nitrogens with one attached hydrogen (secondary N) is 3. The van der Waals surface area contributed by atoms with Crippen LogP contribution in [-0.2, 0) is 12.4 Å². The topological polar surface area (TPSA) is 109 Å². The lowest BCUT2D eigenvalue weighted by molar-refractivity contribution is 0.0846. The number of carbonyl (C=O) groups excluding carboxylic acids is 2. The van der Waals surface area contributed by atoms with Crippen molar-refractivity contribution >= 4 is 35.2 Å². The number of aromatic nitrogens is 3. The fraction of sp³-hybridized carbons (Fsp3) is 0.0833. The summed E-state index contributed by atoms with van der Waals surface area (Å²) >= 11 is 7.37. The summed E-state index contributed by atoms with van der Waals surface area (Å²) in [7, 11) is 0. The molecule has 4 rings (SSSR count). The van der Waals surface area contributed by atoms with E-state index in [1.165, 1.54) is 18.1 Å². The molecule has 0 spiro atoms. The first-order valence-electron chi connectivity index (χ1n) is 10.2. The van der Waals surface area contributed by atoms with Crippen molar-refractivity contribution in [3.8, 4) is 5.75 Å². The summed E-state index contributed by atoms with van der Waals surface area (Å²) < 4.78 is 5.69. The van der Waals surface area contributed by atoms with E-state index in [2.05, 4.69) is 26.0 Å². The lowest BCUT2D eigenvalue weighted by Crippen LogP contribution is -2.41. The quantitative estimate of drug-likeness (QED) is 0.248. The Labute approximate surface area is 205 Å². The van der Waals surface area contributed by atoms with Gasteiger partial charge in [0, 0.05) is 21.9 Å². The number of benzene rings is 3. The van der Waals surface area contributed by atoms with Gasteiger partial charge >= 0.3 is 0 Å². The molecule has 0 atom stereocenters. The lowest BCUT2D eigenvalue weighted by atomic mass is 10.1. The van der Waals surface area contributed by atoms with Crippen LogP contribution in [0.1, 0.15) is 31.8 Å². The largest absolute Gasteiger partial charge is 0.489 e. The van der Waals surface area contributed by atoms with Crippen LogP contribution in [0.5, 0.6) is 5.75 Å². The zero-order valence-electron chi connectivity index (χ0n) is 17.8. The minimum atomic E-state index is -0.418. The summed E-state index contributed by atoms with van der Waals surface area (Å²) in [5.41, 5.74) is 7.64. The van der Waals surface area contributed by atoms with E-state index in [1.807, 2.05) is 12.1 Å². The van der Waals surface area contributed by atoms with E-state index >= 15 is 0 Å². The predicted octanol–water partition coefficient (Wildman–Crippen LogP) is 4.40. The van der Waals surface area contributed by atoms with Crippen molar-refractivity contribution in [1.29, 1.82) is 0 Å². The number of hydrazine groups is 1. The highest BCUT2D eigenvalue weighted by Gasteiger charge is 2.10. The number of rotatable bonds is 8. The fourth-order valence-electron chi connectivity index (χ4n) is 2.88. The van der Waals surface area contributed by atoms with E-state index in [0.717, 1.165) is 16.3 Å². The standard InChI is InChI=1S/C24H20ClN5O3S/c25-20-9-11-21(12-10-20)33-13-16-1-5-18(6-2-16)22(31)28-29-23(32)19-7-3-17(4-8-19)14-34-24-26-15-27-30-24/h1-12,15H,13-14H2,(H,28,31)(H,29,32)(H,26,27,30). The fourth-order valence-corrected chi connectivity index (χ4v) is 3.74. The first-order valence-corrected chi connectivity index (χ1v) is 11.6. The number of thioether (sulfide) groups is 1. The highest BCUT2D eigenvalue weighted by Crippen LogP contribution is 2.19. The second kappa shape index (κ2) is 11.4. The smallest absolute Gasteiger partial charge is 0.269 e. The van der Waals surface area contributed by atoms with E-state index in [1.54, 1.807) is 60.7 Å². The number of nitrogens with zero attached hydrogens (tertiary/aromatic N) is 2. The van der Waals surface area contributed by atoms with Gasteiger partial charge in [0.1, 0.15) is 18.7 Å². The number of carbonyl (C=O) groups is 2. The van der Waals surface area contributed by atoms with Crippen LogP contribution in [0.25, 0.3) is 0 Å². The van der Waals surface area contributed by atoms with Crippen LogP contribution >= 0.6 is 23.4 Å². The van der Waals surface area contributed by atoms with Gasteiger partial charge in [0.15, 0.2) is 5.16 Å². The van der Waals surface area contributed by atoms with E-state index in [9.17, 15) is 9.59 Å². The summed E-state index contributed by atoms with van der Waals surface area (Å²) in [5, 5.41) is 7.96. The second-order valence-electron chi connectivity index (χ2n) is 7.12. The summed E-state index contributed by atoms with van der Waals surface area (Å²) in [4.78, 5) is 28.8. The van der Waals surface area contributed by atoms with Gasteiger partial charge in [-0.25, -0.2) is 4.98 Å². The Bertz CT molecular complexity index is 1230. The highest BCUT2D eigenvalue weighted by atomic mass is 35.5. The van der Waals surface area contributed by atoms with Crippen molar-refractivity contribution in [1.82, 2.24) is 26.0 Å². The van der Waals surface area contributed by atoms with Crippen molar-refractivity contribution in [3.63, 3.8) is 0 Å². The predicted molar refractivity (Wildman–Crippen MR) is 130 cm³/mol. The molecular weight excluding hydrogens is 474 g/mol. The van der Waals surface area contributed by atoms with Gasteiger partial charge in [-0.2, -0.15) is 5.10 Å². The van der Waals surface area contributed by atoms with Crippen LogP contribution < -0.4 is 15.6 Å². The van der Waals surface area contributed by atoms with Crippen molar-refractivity contribution in [2.75, 3.05) is 0 Å². The first-order chi connectivity index (χ1) is 16.6. The molecule has 2 amide bonds. The third-order valence-corrected chi connectivity index (χ3v) is 5.91. The average molecular weight is 494 g/mol. The molecule has 1 aromatic heterocycles. The molecule has 0 fully saturated rings. The summed E-state index contributed by atoms with van der Waals surface area (Å²) in [6.07, 6.45) is 1.45. The van der Waals surface area contributed by atoms with Gasteiger partial charge in [-0.3, -0.25) is 25.5 Å². The van der Waals surface area contributed by atoms with Gasteiger partial charge in [-0.15, -0.1) is 0 Å². The Balaban J connectivity index is 1.23. The Morgan fingerprint density at radius 3 is 2.00 bits per heavy atom. The number of halogens is 1. The second-order valence-corrected chi connectivity index (χ2v) is 8.52. The maximum atomic E-state index is 12.4. The van der Waals surface area contributed by atoms with E-state index in [4.69, 9.17) is 16.3 Å². The molecular formula is C24H20ClN5O3S. The normalized spacial score (nSPS) is 10.5. The Hall–Kier alpha value is -3.82. The van der Waals surface area contributed by atoms with Crippen LogP contribution in [-0.4, -0.2) is 27.0 Å². The van der Waals surface area contributed by atoms with Gasteiger partial charge in [0.2, 0.25) is 0 Å². The van der Waals surface area contributed by atoms with Crippen LogP contribution in [0, 0.1) is 0 Å². The van der Waals surface area contributed by atoms with Crippen LogP contribution in [0.4, 0.5) is 0 Å². The first kappa shape index (κ1) is 23.3. The maximum Gasteiger partial charge on any atom is 0.269 e. The molecule has 0 radical (unpaired) electrons. The highest BCUT2D eigenvalue weighted by molar-refractivity contribution is 7.98. The number of aromatic amines is 1.